The summed E-state index contributed by atoms with van der Waals surface area (Å²) in [5.74, 6) is 1.51. The minimum Gasteiger partial charge on any atom is -0.493 e. The third kappa shape index (κ3) is 4.02. The number of nitrogens with one attached hydrogen (secondary N) is 1. The van der Waals surface area contributed by atoms with Gasteiger partial charge in [-0.3, -0.25) is 4.79 Å². The van der Waals surface area contributed by atoms with Crippen molar-refractivity contribution in [2.75, 3.05) is 37.0 Å². The largest absolute Gasteiger partial charge is 0.493 e. The molecule has 0 unspecified atom stereocenters. The van der Waals surface area contributed by atoms with Gasteiger partial charge in [-0.25, -0.2) is 4.98 Å². The molecule has 2 aromatic rings. The second-order valence-electron chi connectivity index (χ2n) is 5.98. The first-order valence-electron chi connectivity index (χ1n) is 8.65. The Hall–Kier alpha value is -2.47. The molecule has 6 nitrogen and oxygen atoms in total. The Morgan fingerprint density at radius 1 is 1.31 bits per heavy atom. The standard InChI is InChI=1S/C19H22ClN3O3/c1-3-26-18-15(20)10-13(11-16(18)25-2)19(24)22-14-6-7-17(21-12-14)23-8-4-5-9-23/h6-7,10-12H,3-5,8-9H2,1-2H3,(H,22,24). The number of pyridine rings is 1. The van der Waals surface area contributed by atoms with Crippen LogP contribution in [0, 0.1) is 0 Å². The summed E-state index contributed by atoms with van der Waals surface area (Å²) in [6, 6.07) is 6.95. The topological polar surface area (TPSA) is 63.7 Å². The van der Waals surface area contributed by atoms with Crippen LogP contribution in [0.3, 0.4) is 0 Å². The van der Waals surface area contributed by atoms with Crippen LogP contribution in [0.25, 0.3) is 0 Å². The van der Waals surface area contributed by atoms with Gasteiger partial charge in [-0.1, -0.05) is 11.6 Å². The van der Waals surface area contributed by atoms with E-state index in [1.54, 1.807) is 18.3 Å². The van der Waals surface area contributed by atoms with Crippen LogP contribution in [0.15, 0.2) is 30.5 Å². The van der Waals surface area contributed by atoms with Gasteiger partial charge in [-0.2, -0.15) is 0 Å². The predicted molar refractivity (Wildman–Crippen MR) is 103 cm³/mol. The zero-order valence-electron chi connectivity index (χ0n) is 14.9. The van der Waals surface area contributed by atoms with Crippen LogP contribution in [0.2, 0.25) is 5.02 Å². The number of methoxy groups -OCH3 is 1. The van der Waals surface area contributed by atoms with Gasteiger partial charge >= 0.3 is 0 Å². The van der Waals surface area contributed by atoms with Crippen molar-refractivity contribution < 1.29 is 14.3 Å². The summed E-state index contributed by atoms with van der Waals surface area (Å²) in [6.07, 6.45) is 4.06. The second-order valence-corrected chi connectivity index (χ2v) is 6.38. The summed E-state index contributed by atoms with van der Waals surface area (Å²) in [4.78, 5) is 19.2. The van der Waals surface area contributed by atoms with Gasteiger partial charge in [0.15, 0.2) is 11.5 Å². The van der Waals surface area contributed by atoms with Crippen molar-refractivity contribution in [1.82, 2.24) is 4.98 Å². The number of hydrogen-bond acceptors (Lipinski definition) is 5. The maximum atomic E-state index is 12.5. The van der Waals surface area contributed by atoms with E-state index in [-0.39, 0.29) is 5.91 Å². The number of hydrogen-bond donors (Lipinski definition) is 1. The van der Waals surface area contributed by atoms with Gasteiger partial charge in [-0.05, 0) is 44.0 Å². The first kappa shape index (κ1) is 18.3. The van der Waals surface area contributed by atoms with Crippen LogP contribution in [0.5, 0.6) is 11.5 Å². The lowest BCUT2D eigenvalue weighted by molar-refractivity contribution is 0.102. The van der Waals surface area contributed by atoms with Crippen LogP contribution in [-0.4, -0.2) is 37.7 Å². The van der Waals surface area contributed by atoms with Crippen molar-refractivity contribution in [2.24, 2.45) is 0 Å². The molecule has 1 aliphatic heterocycles. The molecule has 1 amide bonds. The molecule has 0 spiro atoms. The summed E-state index contributed by atoms with van der Waals surface area (Å²) in [5, 5.41) is 3.16. The maximum absolute atomic E-state index is 12.5. The van der Waals surface area contributed by atoms with Crippen molar-refractivity contribution in [2.45, 2.75) is 19.8 Å². The number of carbonyl (C=O) groups is 1. The molecule has 1 saturated heterocycles. The van der Waals surface area contributed by atoms with E-state index in [4.69, 9.17) is 21.1 Å². The fourth-order valence-electron chi connectivity index (χ4n) is 2.93. The molecule has 1 aromatic heterocycles. The Labute approximate surface area is 158 Å². The van der Waals surface area contributed by atoms with Gasteiger partial charge < -0.3 is 19.7 Å². The van der Waals surface area contributed by atoms with E-state index in [1.165, 1.54) is 20.0 Å². The Bertz CT molecular complexity index is 774. The van der Waals surface area contributed by atoms with Crippen LogP contribution < -0.4 is 19.7 Å². The Morgan fingerprint density at radius 3 is 2.69 bits per heavy atom. The first-order chi connectivity index (χ1) is 12.6. The molecule has 2 heterocycles. The minimum atomic E-state index is -0.288. The molecule has 0 aliphatic carbocycles. The quantitative estimate of drug-likeness (QED) is 0.826. The van der Waals surface area contributed by atoms with Crippen LogP contribution in [0.1, 0.15) is 30.1 Å². The summed E-state index contributed by atoms with van der Waals surface area (Å²) in [7, 11) is 1.51. The highest BCUT2D eigenvalue weighted by atomic mass is 35.5. The van der Waals surface area contributed by atoms with Crippen molar-refractivity contribution in [3.8, 4) is 11.5 Å². The van der Waals surface area contributed by atoms with E-state index in [0.717, 1.165) is 18.9 Å². The number of nitrogens with zero attached hydrogens (tertiary/aromatic N) is 2. The summed E-state index contributed by atoms with van der Waals surface area (Å²) in [6.45, 7) is 4.37. The SMILES string of the molecule is CCOc1c(Cl)cc(C(=O)Nc2ccc(N3CCCC3)nc2)cc1OC. The Balaban J connectivity index is 1.74. The number of benzene rings is 1. The average Bonchev–Trinajstić information content (AvgIpc) is 3.18. The zero-order valence-corrected chi connectivity index (χ0v) is 15.7. The van der Waals surface area contributed by atoms with Gasteiger partial charge in [0, 0.05) is 18.7 Å². The number of ether oxygens (including phenoxy) is 2. The van der Waals surface area contributed by atoms with Crippen molar-refractivity contribution >= 4 is 29.0 Å². The monoisotopic (exact) mass is 375 g/mol. The molecule has 138 valence electrons. The number of anilines is 2. The lowest BCUT2D eigenvalue weighted by Gasteiger charge is -2.16. The lowest BCUT2D eigenvalue weighted by Crippen LogP contribution is -2.19. The van der Waals surface area contributed by atoms with Crippen LogP contribution in [0.4, 0.5) is 11.5 Å². The molecular weight excluding hydrogens is 354 g/mol. The number of aromatic nitrogens is 1. The van der Waals surface area contributed by atoms with Crippen LogP contribution in [-0.2, 0) is 0 Å². The molecule has 3 rings (SSSR count). The van der Waals surface area contributed by atoms with Gasteiger partial charge in [0.2, 0.25) is 0 Å². The van der Waals surface area contributed by atoms with Crippen LogP contribution >= 0.6 is 11.6 Å². The molecule has 1 aliphatic rings. The molecule has 1 aromatic carbocycles. The second kappa shape index (κ2) is 8.27. The van der Waals surface area contributed by atoms with Gasteiger partial charge in [0.25, 0.3) is 5.91 Å². The lowest BCUT2D eigenvalue weighted by atomic mass is 10.2. The molecule has 0 saturated carbocycles. The van der Waals surface area contributed by atoms with E-state index >= 15 is 0 Å². The number of carbonyl (C=O) groups excluding carboxylic acids is 1. The molecule has 26 heavy (non-hydrogen) atoms. The Kier molecular flexibility index (Phi) is 5.83. The van der Waals surface area contributed by atoms with Gasteiger partial charge in [-0.15, -0.1) is 0 Å². The van der Waals surface area contributed by atoms with Crippen molar-refractivity contribution in [3.05, 3.63) is 41.0 Å². The maximum Gasteiger partial charge on any atom is 0.255 e. The third-order valence-electron chi connectivity index (χ3n) is 4.22. The summed E-state index contributed by atoms with van der Waals surface area (Å²) in [5.41, 5.74) is 1.01. The van der Waals surface area contributed by atoms with E-state index < -0.39 is 0 Å². The number of rotatable bonds is 6. The summed E-state index contributed by atoms with van der Waals surface area (Å²) >= 11 is 6.23. The average molecular weight is 376 g/mol. The Morgan fingerprint density at radius 2 is 2.08 bits per heavy atom. The molecule has 1 N–H and O–H groups in total. The third-order valence-corrected chi connectivity index (χ3v) is 4.50. The van der Waals surface area contributed by atoms with Gasteiger partial charge in [0.05, 0.1) is 30.6 Å². The minimum absolute atomic E-state index is 0.288. The molecule has 1 fully saturated rings. The number of amides is 1. The molecule has 7 heteroatoms. The highest BCUT2D eigenvalue weighted by Gasteiger charge is 2.17. The van der Waals surface area contributed by atoms with E-state index in [9.17, 15) is 4.79 Å². The van der Waals surface area contributed by atoms with E-state index in [2.05, 4.69) is 15.2 Å². The van der Waals surface area contributed by atoms with E-state index in [1.807, 2.05) is 19.1 Å². The van der Waals surface area contributed by atoms with Gasteiger partial charge in [0.1, 0.15) is 5.82 Å². The predicted octanol–water partition coefficient (Wildman–Crippen LogP) is 3.99. The fourth-order valence-corrected chi connectivity index (χ4v) is 3.20. The first-order valence-corrected chi connectivity index (χ1v) is 9.03. The number of halogens is 1. The van der Waals surface area contributed by atoms with Crippen molar-refractivity contribution in [3.63, 3.8) is 0 Å². The fraction of sp³-hybridized carbons (Fsp3) is 0.368. The summed E-state index contributed by atoms with van der Waals surface area (Å²) < 4.78 is 10.8. The highest BCUT2D eigenvalue weighted by molar-refractivity contribution is 6.32. The van der Waals surface area contributed by atoms with E-state index in [0.29, 0.717) is 34.4 Å². The molecular formula is C19H22ClN3O3. The zero-order chi connectivity index (χ0) is 18.5. The highest BCUT2D eigenvalue weighted by Crippen LogP contribution is 2.36. The molecule has 0 bridgehead atoms. The smallest absolute Gasteiger partial charge is 0.255 e. The molecule has 0 atom stereocenters. The molecule has 0 radical (unpaired) electrons. The normalized spacial score (nSPS) is 13.6. The van der Waals surface area contributed by atoms with Crippen molar-refractivity contribution in [1.29, 1.82) is 0 Å².